The highest BCUT2D eigenvalue weighted by molar-refractivity contribution is 8.18. The van der Waals surface area contributed by atoms with E-state index in [1.807, 2.05) is 31.2 Å². The lowest BCUT2D eigenvalue weighted by atomic mass is 10.1. The lowest BCUT2D eigenvalue weighted by molar-refractivity contribution is -0.115. The van der Waals surface area contributed by atoms with Crippen molar-refractivity contribution in [1.29, 1.82) is 0 Å². The molecule has 4 nitrogen and oxygen atoms in total. The molecular weight excluding hydrogens is 426 g/mol. The number of hydrogen-bond donors (Lipinski definition) is 1. The molecule has 31 heavy (non-hydrogen) atoms. The van der Waals surface area contributed by atoms with Crippen LogP contribution in [0.2, 0.25) is 5.02 Å². The van der Waals surface area contributed by atoms with E-state index in [9.17, 15) is 4.79 Å². The van der Waals surface area contributed by atoms with Crippen LogP contribution in [0.25, 0.3) is 11.8 Å². The fourth-order valence-electron chi connectivity index (χ4n) is 3.78. The second-order valence-corrected chi connectivity index (χ2v) is 8.95. The van der Waals surface area contributed by atoms with E-state index in [-0.39, 0.29) is 5.91 Å². The molecule has 0 aliphatic carbocycles. The number of halogens is 1. The summed E-state index contributed by atoms with van der Waals surface area (Å²) in [6.07, 6.45) is 2.91. The minimum absolute atomic E-state index is 0.137. The van der Waals surface area contributed by atoms with Crippen molar-refractivity contribution >= 4 is 46.2 Å². The molecule has 2 aromatic carbocycles. The zero-order chi connectivity index (χ0) is 22.1. The van der Waals surface area contributed by atoms with Gasteiger partial charge < -0.3 is 9.88 Å². The van der Waals surface area contributed by atoms with Gasteiger partial charge in [-0.3, -0.25) is 4.79 Å². The molecule has 1 aliphatic rings. The molecule has 158 valence electrons. The van der Waals surface area contributed by atoms with E-state index in [0.29, 0.717) is 15.1 Å². The number of amidine groups is 1. The number of carbonyl (C=O) groups is 1. The largest absolute Gasteiger partial charge is 0.318 e. The van der Waals surface area contributed by atoms with Crippen LogP contribution in [0.1, 0.15) is 35.0 Å². The second kappa shape index (κ2) is 8.77. The van der Waals surface area contributed by atoms with Gasteiger partial charge in [-0.1, -0.05) is 42.8 Å². The molecule has 0 saturated carbocycles. The third-order valence-electron chi connectivity index (χ3n) is 5.48. The first-order valence-electron chi connectivity index (χ1n) is 10.2. The Morgan fingerprint density at radius 1 is 1.13 bits per heavy atom. The summed E-state index contributed by atoms with van der Waals surface area (Å²) in [6, 6.07) is 16.1. The van der Waals surface area contributed by atoms with E-state index >= 15 is 0 Å². The minimum Gasteiger partial charge on any atom is -0.318 e. The SMILES string of the molecule is CCc1ccccc1-n1c(C)cc(/C=C2\SC(=Nc3cccc(Cl)c3C)NC2=O)c1C. The second-order valence-electron chi connectivity index (χ2n) is 7.51. The molecule has 0 bridgehead atoms. The molecule has 0 spiro atoms. The summed E-state index contributed by atoms with van der Waals surface area (Å²) in [5.41, 5.74) is 7.40. The third-order valence-corrected chi connectivity index (χ3v) is 6.80. The number of nitrogens with zero attached hydrogens (tertiary/aromatic N) is 2. The first-order valence-corrected chi connectivity index (χ1v) is 11.4. The van der Waals surface area contributed by atoms with Crippen molar-refractivity contribution in [3.05, 3.63) is 86.5 Å². The molecule has 1 amide bonds. The van der Waals surface area contributed by atoms with Crippen molar-refractivity contribution in [2.45, 2.75) is 34.1 Å². The lowest BCUT2D eigenvalue weighted by Crippen LogP contribution is -2.19. The third kappa shape index (κ3) is 4.21. The zero-order valence-electron chi connectivity index (χ0n) is 18.0. The average Bonchev–Trinajstić information content (AvgIpc) is 3.23. The fourth-order valence-corrected chi connectivity index (χ4v) is 4.78. The zero-order valence-corrected chi connectivity index (χ0v) is 19.6. The molecule has 1 fully saturated rings. The quantitative estimate of drug-likeness (QED) is 0.461. The molecule has 6 heteroatoms. The molecule has 0 atom stereocenters. The molecular formula is C25H24ClN3OS. The highest BCUT2D eigenvalue weighted by atomic mass is 35.5. The maximum atomic E-state index is 12.6. The molecule has 1 saturated heterocycles. The predicted molar refractivity (Wildman–Crippen MR) is 132 cm³/mol. The number of hydrogen-bond acceptors (Lipinski definition) is 3. The summed E-state index contributed by atoms with van der Waals surface area (Å²) >= 11 is 7.54. The Labute approximate surface area is 192 Å². The Balaban J connectivity index is 1.68. The summed E-state index contributed by atoms with van der Waals surface area (Å²) in [4.78, 5) is 17.8. The number of nitrogens with one attached hydrogen (secondary N) is 1. The predicted octanol–water partition coefficient (Wildman–Crippen LogP) is 6.51. The van der Waals surface area contributed by atoms with Gasteiger partial charge in [-0.2, -0.15) is 0 Å². The molecule has 1 aromatic heterocycles. The van der Waals surface area contributed by atoms with E-state index in [1.54, 1.807) is 0 Å². The van der Waals surface area contributed by atoms with E-state index < -0.39 is 0 Å². The summed E-state index contributed by atoms with van der Waals surface area (Å²) < 4.78 is 2.26. The Kier molecular flexibility index (Phi) is 6.08. The number of aliphatic imine (C=N–C) groups is 1. The number of aryl methyl sites for hydroxylation is 2. The number of carbonyl (C=O) groups excluding carboxylic acids is 1. The van der Waals surface area contributed by atoms with Gasteiger partial charge in [0.25, 0.3) is 5.91 Å². The summed E-state index contributed by atoms with van der Waals surface area (Å²) in [6.45, 7) is 8.27. The van der Waals surface area contributed by atoms with Crippen LogP contribution < -0.4 is 5.32 Å². The molecule has 4 rings (SSSR count). The molecule has 0 radical (unpaired) electrons. The van der Waals surface area contributed by atoms with Gasteiger partial charge in [-0.05, 0) is 86.0 Å². The molecule has 1 aliphatic heterocycles. The van der Waals surface area contributed by atoms with Gasteiger partial charge in [0.15, 0.2) is 5.17 Å². The lowest BCUT2D eigenvalue weighted by Gasteiger charge is -2.14. The Hall–Kier alpha value is -2.76. The number of aromatic nitrogens is 1. The fraction of sp³-hybridized carbons (Fsp3) is 0.200. The summed E-state index contributed by atoms with van der Waals surface area (Å²) in [7, 11) is 0. The van der Waals surface area contributed by atoms with Gasteiger partial charge in [-0.15, -0.1) is 0 Å². The maximum absolute atomic E-state index is 12.6. The number of benzene rings is 2. The van der Waals surface area contributed by atoms with Crippen molar-refractivity contribution in [2.75, 3.05) is 0 Å². The van der Waals surface area contributed by atoms with Gasteiger partial charge >= 0.3 is 0 Å². The van der Waals surface area contributed by atoms with Crippen LogP contribution in [0.3, 0.4) is 0 Å². The Bertz CT molecular complexity index is 1240. The molecule has 1 N–H and O–H groups in total. The van der Waals surface area contributed by atoms with E-state index in [4.69, 9.17) is 11.6 Å². The van der Waals surface area contributed by atoms with E-state index in [2.05, 4.69) is 66.0 Å². The summed E-state index contributed by atoms with van der Waals surface area (Å²) in [5.74, 6) is -0.137. The number of para-hydroxylation sites is 1. The minimum atomic E-state index is -0.137. The maximum Gasteiger partial charge on any atom is 0.264 e. The Morgan fingerprint density at radius 2 is 1.90 bits per heavy atom. The van der Waals surface area contributed by atoms with Crippen molar-refractivity contribution in [1.82, 2.24) is 9.88 Å². The van der Waals surface area contributed by atoms with Crippen molar-refractivity contribution in [3.8, 4) is 5.69 Å². The monoisotopic (exact) mass is 449 g/mol. The van der Waals surface area contributed by atoms with Gasteiger partial charge in [-0.25, -0.2) is 4.99 Å². The molecule has 0 unspecified atom stereocenters. The smallest absolute Gasteiger partial charge is 0.264 e. The van der Waals surface area contributed by atoms with Crippen molar-refractivity contribution < 1.29 is 4.79 Å². The van der Waals surface area contributed by atoms with Crippen LogP contribution >= 0.6 is 23.4 Å². The van der Waals surface area contributed by atoms with Crippen LogP contribution in [0.15, 0.2) is 58.4 Å². The van der Waals surface area contributed by atoms with Gasteiger partial charge in [0.05, 0.1) is 10.6 Å². The van der Waals surface area contributed by atoms with Crippen molar-refractivity contribution in [2.24, 2.45) is 4.99 Å². The molecule has 2 heterocycles. The topological polar surface area (TPSA) is 46.4 Å². The van der Waals surface area contributed by atoms with Gasteiger partial charge in [0.1, 0.15) is 0 Å². The first-order chi connectivity index (χ1) is 14.9. The van der Waals surface area contributed by atoms with E-state index in [1.165, 1.54) is 23.0 Å². The average molecular weight is 450 g/mol. The first kappa shape index (κ1) is 21.5. The van der Waals surface area contributed by atoms with Gasteiger partial charge in [0, 0.05) is 22.1 Å². The van der Waals surface area contributed by atoms with E-state index in [0.717, 1.165) is 34.6 Å². The number of amides is 1. The van der Waals surface area contributed by atoms with Crippen LogP contribution in [0.4, 0.5) is 5.69 Å². The number of thioether (sulfide) groups is 1. The Morgan fingerprint density at radius 3 is 2.68 bits per heavy atom. The number of rotatable bonds is 4. The normalized spacial score (nSPS) is 16.4. The van der Waals surface area contributed by atoms with Crippen LogP contribution in [-0.2, 0) is 11.2 Å². The van der Waals surface area contributed by atoms with Crippen LogP contribution in [-0.4, -0.2) is 15.6 Å². The van der Waals surface area contributed by atoms with Gasteiger partial charge in [0.2, 0.25) is 0 Å². The highest BCUT2D eigenvalue weighted by Gasteiger charge is 2.25. The van der Waals surface area contributed by atoms with Crippen LogP contribution in [0.5, 0.6) is 0 Å². The summed E-state index contributed by atoms with van der Waals surface area (Å²) in [5, 5.41) is 4.09. The molecule has 3 aromatic rings. The standard InChI is InChI=1S/C25H24ClN3OS/c1-5-18-9-6-7-12-22(18)29-15(2)13-19(17(29)4)14-23-24(30)28-25(31-23)27-21-11-8-10-20(26)16(21)3/h6-14H,5H2,1-4H3,(H,27,28,30)/b23-14-. The van der Waals surface area contributed by atoms with Crippen molar-refractivity contribution in [3.63, 3.8) is 0 Å². The highest BCUT2D eigenvalue weighted by Crippen LogP contribution is 2.32. The van der Waals surface area contributed by atoms with Crippen LogP contribution in [0, 0.1) is 20.8 Å².